The van der Waals surface area contributed by atoms with Gasteiger partial charge in [0.15, 0.2) is 5.71 Å². The summed E-state index contributed by atoms with van der Waals surface area (Å²) in [4.78, 5) is 27.7. The van der Waals surface area contributed by atoms with Crippen molar-refractivity contribution >= 4 is 23.5 Å². The Morgan fingerprint density at radius 1 is 0.582 bits per heavy atom. The Balaban J connectivity index is 0.000000363. The highest BCUT2D eigenvalue weighted by molar-refractivity contribution is 6.04. The van der Waals surface area contributed by atoms with Crippen LogP contribution in [-0.2, 0) is 25.2 Å². The van der Waals surface area contributed by atoms with E-state index in [1.807, 2.05) is 6.92 Å². The van der Waals surface area contributed by atoms with Gasteiger partial charge in [0.05, 0.1) is 18.4 Å². The van der Waals surface area contributed by atoms with E-state index in [1.165, 1.54) is 74.7 Å². The lowest BCUT2D eigenvalue weighted by Gasteiger charge is -2.33. The van der Waals surface area contributed by atoms with Crippen LogP contribution in [0.15, 0.2) is 107 Å². The van der Waals surface area contributed by atoms with Crippen LogP contribution in [0.2, 0.25) is 0 Å². The van der Waals surface area contributed by atoms with Crippen LogP contribution in [0.25, 0.3) is 0 Å². The summed E-state index contributed by atoms with van der Waals surface area (Å²) in [5.41, 5.74) is -5.38. The first-order valence-electron chi connectivity index (χ1n) is 15.6. The SMILES string of the molecule is C/C(=N/O)c1ccc(C(C)(c2ccc(/C(=N/O)C(F)(F)F)cc2)C(F)(F)F)cc1.COC(=O)c1ccc(C(C)(c2ccc(C)cc2)C(F)(F)F)cc1.O=C=O. The number of alkyl halides is 9. The van der Waals surface area contributed by atoms with Gasteiger partial charge in [-0.15, -0.1) is 0 Å². The van der Waals surface area contributed by atoms with E-state index in [9.17, 15) is 44.3 Å². The van der Waals surface area contributed by atoms with E-state index in [-0.39, 0.29) is 39.7 Å². The molecule has 0 aliphatic carbocycles. The van der Waals surface area contributed by atoms with Gasteiger partial charge < -0.3 is 15.2 Å². The molecule has 0 heterocycles. The lowest BCUT2D eigenvalue weighted by atomic mass is 9.75. The molecule has 8 nitrogen and oxygen atoms in total. The molecule has 2 atom stereocenters. The molecule has 55 heavy (non-hydrogen) atoms. The first-order chi connectivity index (χ1) is 25.5. The van der Waals surface area contributed by atoms with Gasteiger partial charge in [0.1, 0.15) is 10.8 Å². The lowest BCUT2D eigenvalue weighted by molar-refractivity contribution is -0.191. The molecule has 2 unspecified atom stereocenters. The van der Waals surface area contributed by atoms with Gasteiger partial charge in [0.25, 0.3) is 0 Å². The molecule has 0 saturated heterocycles. The fraction of sp³-hybridized carbons (Fsp3) is 0.263. The number of aryl methyl sites for hydroxylation is 1. The van der Waals surface area contributed by atoms with Crippen molar-refractivity contribution in [2.75, 3.05) is 7.11 Å². The average Bonchev–Trinajstić information content (AvgIpc) is 3.13. The molecule has 0 radical (unpaired) electrons. The third kappa shape index (κ3) is 10.2. The molecule has 294 valence electrons. The maximum Gasteiger partial charge on any atom is 0.437 e. The molecular formula is C38H33F9N2O6. The zero-order valence-electron chi connectivity index (χ0n) is 29.6. The molecule has 0 bridgehead atoms. The highest BCUT2D eigenvalue weighted by atomic mass is 19.4. The number of esters is 1. The number of nitrogens with zero attached hydrogens (tertiary/aromatic N) is 2. The zero-order chi connectivity index (χ0) is 42.0. The largest absolute Gasteiger partial charge is 0.465 e. The number of hydrogen-bond donors (Lipinski definition) is 2. The number of ether oxygens (including phenoxy) is 1. The van der Waals surface area contributed by atoms with E-state index in [0.29, 0.717) is 5.56 Å². The summed E-state index contributed by atoms with van der Waals surface area (Å²) >= 11 is 0. The predicted octanol–water partition coefficient (Wildman–Crippen LogP) is 9.56. The topological polar surface area (TPSA) is 126 Å². The number of carbonyl (C=O) groups is 1. The first kappa shape index (κ1) is 45.2. The molecule has 2 N–H and O–H groups in total. The fourth-order valence-corrected chi connectivity index (χ4v) is 5.27. The lowest BCUT2D eigenvalue weighted by Crippen LogP contribution is -2.40. The normalized spacial score (nSPS) is 14.4. The predicted molar refractivity (Wildman–Crippen MR) is 180 cm³/mol. The molecule has 0 aromatic heterocycles. The second kappa shape index (κ2) is 17.9. The summed E-state index contributed by atoms with van der Waals surface area (Å²) < 4.78 is 127. The Labute approximate surface area is 308 Å². The van der Waals surface area contributed by atoms with Gasteiger partial charge in [-0.2, -0.15) is 49.1 Å². The van der Waals surface area contributed by atoms with Gasteiger partial charge in [-0.3, -0.25) is 0 Å². The molecule has 17 heteroatoms. The minimum absolute atomic E-state index is 0.0708. The molecule has 0 spiro atoms. The van der Waals surface area contributed by atoms with Crippen LogP contribution in [0.1, 0.15) is 70.1 Å². The van der Waals surface area contributed by atoms with Crippen LogP contribution in [0.4, 0.5) is 39.5 Å². The van der Waals surface area contributed by atoms with Crippen LogP contribution in [0.5, 0.6) is 0 Å². The van der Waals surface area contributed by atoms with E-state index < -0.39 is 46.6 Å². The molecule has 0 aliphatic heterocycles. The van der Waals surface area contributed by atoms with Crippen molar-refractivity contribution in [2.45, 2.75) is 57.1 Å². The molecule has 0 fully saturated rings. The average molecular weight is 785 g/mol. The van der Waals surface area contributed by atoms with Crippen molar-refractivity contribution in [2.24, 2.45) is 10.3 Å². The molecule has 4 aromatic carbocycles. The third-order valence-corrected chi connectivity index (χ3v) is 8.78. The van der Waals surface area contributed by atoms with Crippen molar-refractivity contribution in [1.82, 2.24) is 0 Å². The number of benzene rings is 4. The number of oxime groups is 2. The van der Waals surface area contributed by atoms with Gasteiger partial charge in [-0.05, 0) is 67.6 Å². The Morgan fingerprint density at radius 3 is 1.16 bits per heavy atom. The van der Waals surface area contributed by atoms with Gasteiger partial charge in [-0.25, -0.2) is 4.79 Å². The van der Waals surface area contributed by atoms with Crippen molar-refractivity contribution < 1.29 is 69.0 Å². The van der Waals surface area contributed by atoms with Crippen molar-refractivity contribution in [1.29, 1.82) is 0 Å². The Kier molecular flexibility index (Phi) is 14.7. The number of carbonyl (C=O) groups excluding carboxylic acids is 3. The molecule has 0 amide bonds. The fourth-order valence-electron chi connectivity index (χ4n) is 5.27. The summed E-state index contributed by atoms with van der Waals surface area (Å²) in [6.07, 6.45) is -14.0. The van der Waals surface area contributed by atoms with Crippen LogP contribution >= 0.6 is 0 Å². The van der Waals surface area contributed by atoms with Gasteiger partial charge in [0, 0.05) is 5.56 Å². The molecule has 0 saturated carbocycles. The molecule has 4 aromatic rings. The summed E-state index contributed by atoms with van der Waals surface area (Å²) in [5, 5.41) is 22.6. The molecule has 4 rings (SSSR count). The quantitative estimate of drug-likeness (QED) is 0.0633. The number of hydrogen-bond acceptors (Lipinski definition) is 8. The highest BCUT2D eigenvalue weighted by Gasteiger charge is 2.54. The van der Waals surface area contributed by atoms with E-state index >= 15 is 0 Å². The van der Waals surface area contributed by atoms with Crippen molar-refractivity contribution in [3.8, 4) is 0 Å². The minimum Gasteiger partial charge on any atom is -0.465 e. The number of methoxy groups -OCH3 is 1. The van der Waals surface area contributed by atoms with E-state index in [1.54, 1.807) is 12.1 Å². The summed E-state index contributed by atoms with van der Waals surface area (Å²) in [6.45, 7) is 5.34. The summed E-state index contributed by atoms with van der Waals surface area (Å²) in [5.74, 6) is -0.583. The van der Waals surface area contributed by atoms with E-state index in [0.717, 1.165) is 43.7 Å². The monoisotopic (exact) mass is 784 g/mol. The smallest absolute Gasteiger partial charge is 0.437 e. The minimum atomic E-state index is -4.97. The second-order valence-corrected chi connectivity index (χ2v) is 12.1. The Morgan fingerprint density at radius 2 is 0.891 bits per heavy atom. The van der Waals surface area contributed by atoms with Crippen LogP contribution in [-0.4, -0.2) is 59.6 Å². The summed E-state index contributed by atoms with van der Waals surface area (Å²) in [7, 11) is 1.22. The van der Waals surface area contributed by atoms with Crippen LogP contribution in [0, 0.1) is 6.92 Å². The van der Waals surface area contributed by atoms with Crippen molar-refractivity contribution in [3.63, 3.8) is 0 Å². The van der Waals surface area contributed by atoms with E-state index in [4.69, 9.17) is 20.0 Å². The van der Waals surface area contributed by atoms with Crippen molar-refractivity contribution in [3.05, 3.63) is 142 Å². The second-order valence-electron chi connectivity index (χ2n) is 12.1. The van der Waals surface area contributed by atoms with Crippen LogP contribution in [0.3, 0.4) is 0 Å². The Bertz CT molecular complexity index is 1980. The van der Waals surface area contributed by atoms with Gasteiger partial charge in [-0.1, -0.05) is 101 Å². The van der Waals surface area contributed by atoms with Crippen LogP contribution < -0.4 is 0 Å². The van der Waals surface area contributed by atoms with Gasteiger partial charge >= 0.3 is 30.6 Å². The Hall–Kier alpha value is -5.96. The first-order valence-corrected chi connectivity index (χ1v) is 15.6. The molecule has 0 aliphatic rings. The zero-order valence-corrected chi connectivity index (χ0v) is 29.6. The maximum absolute atomic E-state index is 14.0. The number of halogens is 9. The third-order valence-electron chi connectivity index (χ3n) is 8.78. The number of rotatable bonds is 7. The molecular weight excluding hydrogens is 751 g/mol. The highest BCUT2D eigenvalue weighted by Crippen LogP contribution is 2.47. The summed E-state index contributed by atoms with van der Waals surface area (Å²) in [6, 6.07) is 20.2. The van der Waals surface area contributed by atoms with E-state index in [2.05, 4.69) is 15.0 Å². The van der Waals surface area contributed by atoms with Gasteiger partial charge in [0.2, 0.25) is 0 Å². The standard InChI is InChI=1S/C19H16F6N2O2.C18H17F3O2.CO2/c1-11(26-28)12-3-7-14(8-4-12)17(2,19(23,24)25)15-9-5-13(6-10-15)16(27-29)18(20,21)22;1-12-4-8-14(9-5-12)17(2,18(19,20)21)15-10-6-13(7-11-15)16(22)23-3;2-1-3/h3-10,28-29H,1-2H3;4-11H,1-3H3;/b26-11-,27-16-;;. The maximum atomic E-state index is 14.0.